The molecular weight excluding hydrogens is 388 g/mol. The lowest BCUT2D eigenvalue weighted by Gasteiger charge is -2.38. The van der Waals surface area contributed by atoms with Gasteiger partial charge in [0.1, 0.15) is 11.8 Å². The van der Waals surface area contributed by atoms with Crippen LogP contribution in [0.4, 0.5) is 0 Å². The fourth-order valence-electron chi connectivity index (χ4n) is 3.33. The highest BCUT2D eigenvalue weighted by atomic mass is 32.1. The molecule has 0 amide bonds. The van der Waals surface area contributed by atoms with Crippen molar-refractivity contribution in [3.05, 3.63) is 41.1 Å². The summed E-state index contributed by atoms with van der Waals surface area (Å²) in [6.45, 7) is 9.58. The molecule has 1 aliphatic rings. The molecule has 0 aliphatic carbocycles. The number of thiocarbonyl (C=S) groups is 1. The van der Waals surface area contributed by atoms with E-state index in [1.54, 1.807) is 12.1 Å². The molecule has 7 nitrogen and oxygen atoms in total. The predicted molar refractivity (Wildman–Crippen MR) is 115 cm³/mol. The summed E-state index contributed by atoms with van der Waals surface area (Å²) in [6, 6.07) is 8.78. The van der Waals surface area contributed by atoms with Crippen LogP contribution >= 0.6 is 12.2 Å². The van der Waals surface area contributed by atoms with Gasteiger partial charge >= 0.3 is 5.97 Å². The van der Waals surface area contributed by atoms with Gasteiger partial charge in [-0.15, -0.1) is 0 Å². The highest BCUT2D eigenvalue weighted by Gasteiger charge is 2.34. The molecule has 0 radical (unpaired) electrons. The minimum atomic E-state index is -0.412. The number of rotatable bonds is 9. The lowest BCUT2D eigenvalue weighted by molar-refractivity contribution is -0.136. The number of benzene rings is 1. The Morgan fingerprint density at radius 2 is 1.97 bits per heavy atom. The lowest BCUT2D eigenvalue weighted by Crippen LogP contribution is -2.49. The van der Waals surface area contributed by atoms with Crippen molar-refractivity contribution in [3.63, 3.8) is 0 Å². The van der Waals surface area contributed by atoms with Gasteiger partial charge in [0.15, 0.2) is 11.7 Å². The second kappa shape index (κ2) is 10.8. The van der Waals surface area contributed by atoms with Crippen LogP contribution in [0, 0.1) is 11.3 Å². The monoisotopic (exact) mass is 416 g/mol. The third-order valence-electron chi connectivity index (χ3n) is 5.05. The van der Waals surface area contributed by atoms with E-state index in [2.05, 4.69) is 24.1 Å². The zero-order valence-corrected chi connectivity index (χ0v) is 18.2. The molecular formula is C21H28N4O3S. The molecule has 1 atom stereocenters. The Balaban J connectivity index is 2.32. The van der Waals surface area contributed by atoms with Gasteiger partial charge in [-0.2, -0.15) is 5.26 Å². The maximum Gasteiger partial charge on any atom is 0.337 e. The van der Waals surface area contributed by atoms with E-state index in [-0.39, 0.29) is 12.6 Å². The van der Waals surface area contributed by atoms with Crippen molar-refractivity contribution in [1.82, 2.24) is 15.1 Å². The number of allylic oxidation sites excluding steroid dienone is 1. The first-order chi connectivity index (χ1) is 14.0. The quantitative estimate of drug-likeness (QED) is 0.486. The summed E-state index contributed by atoms with van der Waals surface area (Å²) < 4.78 is 10.4. The molecule has 1 heterocycles. The van der Waals surface area contributed by atoms with Crippen LogP contribution in [0.2, 0.25) is 0 Å². The van der Waals surface area contributed by atoms with Crippen molar-refractivity contribution in [3.8, 4) is 11.8 Å². The van der Waals surface area contributed by atoms with E-state index in [0.717, 1.165) is 30.9 Å². The second-order valence-electron chi connectivity index (χ2n) is 6.57. The highest BCUT2D eigenvalue weighted by Crippen LogP contribution is 2.32. The van der Waals surface area contributed by atoms with Gasteiger partial charge in [-0.05, 0) is 49.9 Å². The van der Waals surface area contributed by atoms with Gasteiger partial charge in [0.25, 0.3) is 0 Å². The summed E-state index contributed by atoms with van der Waals surface area (Å²) in [7, 11) is 1.38. The summed E-state index contributed by atoms with van der Waals surface area (Å²) in [5.41, 5.74) is 2.19. The van der Waals surface area contributed by atoms with Crippen LogP contribution in [0.1, 0.15) is 32.4 Å². The number of hydrogen-bond donors (Lipinski definition) is 1. The van der Waals surface area contributed by atoms with Crippen molar-refractivity contribution in [2.45, 2.75) is 26.8 Å². The largest absolute Gasteiger partial charge is 0.479 e. The van der Waals surface area contributed by atoms with E-state index < -0.39 is 6.04 Å². The summed E-state index contributed by atoms with van der Waals surface area (Å²) in [5.74, 6) is 0.204. The predicted octanol–water partition coefficient (Wildman–Crippen LogP) is 2.61. The average molecular weight is 417 g/mol. The first-order valence-electron chi connectivity index (χ1n) is 9.65. The normalized spacial score (nSPS) is 16.5. The van der Waals surface area contributed by atoms with Gasteiger partial charge in [-0.3, -0.25) is 0 Å². The smallest absolute Gasteiger partial charge is 0.337 e. The highest BCUT2D eigenvalue weighted by molar-refractivity contribution is 7.80. The number of esters is 1. The number of nitrogens with zero attached hydrogens (tertiary/aromatic N) is 3. The summed E-state index contributed by atoms with van der Waals surface area (Å²) >= 11 is 5.61. The molecule has 0 unspecified atom stereocenters. The molecule has 8 heteroatoms. The molecule has 1 N–H and O–H groups in total. The molecule has 0 saturated heterocycles. The van der Waals surface area contributed by atoms with Crippen LogP contribution in [0.3, 0.4) is 0 Å². The van der Waals surface area contributed by atoms with Gasteiger partial charge in [0.2, 0.25) is 0 Å². The Bertz CT molecular complexity index is 797. The standard InChI is InChI=1S/C21H28N4O3S/c1-5-24(6-2)12-13-25-15(3)18(20(26)27-4)19(23-21(25)29)16-7-9-17(10-8-16)28-14-11-22/h7-10,19H,5-6,12-14H2,1-4H3,(H,23,29)/t19-/m1/s1. The van der Waals surface area contributed by atoms with Crippen molar-refractivity contribution >= 4 is 23.3 Å². The molecule has 156 valence electrons. The van der Waals surface area contributed by atoms with Crippen LogP contribution in [0.5, 0.6) is 5.75 Å². The van der Waals surface area contributed by atoms with Crippen LogP contribution in [0.15, 0.2) is 35.5 Å². The van der Waals surface area contributed by atoms with Gasteiger partial charge in [0, 0.05) is 18.8 Å². The molecule has 29 heavy (non-hydrogen) atoms. The Morgan fingerprint density at radius 3 is 2.52 bits per heavy atom. The number of carbonyl (C=O) groups excluding carboxylic acids is 1. The Hall–Kier alpha value is -2.63. The number of nitrogens with one attached hydrogen (secondary N) is 1. The minimum absolute atomic E-state index is 0.0149. The number of methoxy groups -OCH3 is 1. The third kappa shape index (κ3) is 5.46. The SMILES string of the molecule is CCN(CC)CCN1C(=S)N[C@H](c2ccc(OCC#N)cc2)C(C(=O)OC)=C1C. The third-order valence-corrected chi connectivity index (χ3v) is 5.39. The molecule has 0 spiro atoms. The topological polar surface area (TPSA) is 77.8 Å². The molecule has 1 aromatic carbocycles. The van der Waals surface area contributed by atoms with Crippen molar-refractivity contribution in [1.29, 1.82) is 5.26 Å². The summed E-state index contributed by atoms with van der Waals surface area (Å²) in [6.07, 6.45) is 0. The van der Waals surface area contributed by atoms with E-state index in [1.807, 2.05) is 30.0 Å². The maximum absolute atomic E-state index is 12.6. The van der Waals surface area contributed by atoms with Gasteiger partial charge in [-0.25, -0.2) is 4.79 Å². The Morgan fingerprint density at radius 1 is 1.31 bits per heavy atom. The molecule has 0 fully saturated rings. The fraction of sp³-hybridized carbons (Fsp3) is 0.476. The first kappa shape index (κ1) is 22.7. The van der Waals surface area contributed by atoms with Crippen LogP contribution in [0.25, 0.3) is 0 Å². The maximum atomic E-state index is 12.6. The lowest BCUT2D eigenvalue weighted by atomic mass is 9.95. The van der Waals surface area contributed by atoms with E-state index in [0.29, 0.717) is 23.0 Å². The van der Waals surface area contributed by atoms with Crippen LogP contribution < -0.4 is 10.1 Å². The Kier molecular flexibility index (Phi) is 8.43. The minimum Gasteiger partial charge on any atom is -0.479 e. The van der Waals surface area contributed by atoms with Crippen LogP contribution in [-0.4, -0.2) is 60.8 Å². The van der Waals surface area contributed by atoms with Crippen molar-refractivity contribution < 1.29 is 14.3 Å². The fourth-order valence-corrected chi connectivity index (χ4v) is 3.67. The summed E-state index contributed by atoms with van der Waals surface area (Å²) in [5, 5.41) is 12.5. The van der Waals surface area contributed by atoms with Gasteiger partial charge in [-0.1, -0.05) is 26.0 Å². The zero-order valence-electron chi connectivity index (χ0n) is 17.4. The first-order valence-corrected chi connectivity index (χ1v) is 10.1. The molecule has 2 rings (SSSR count). The van der Waals surface area contributed by atoms with E-state index in [4.69, 9.17) is 27.0 Å². The van der Waals surface area contributed by atoms with E-state index >= 15 is 0 Å². The summed E-state index contributed by atoms with van der Waals surface area (Å²) in [4.78, 5) is 16.9. The van der Waals surface area contributed by atoms with Crippen molar-refractivity contribution in [2.24, 2.45) is 0 Å². The van der Waals surface area contributed by atoms with Gasteiger partial charge < -0.3 is 24.6 Å². The Labute approximate surface area is 177 Å². The van der Waals surface area contributed by atoms with Crippen LogP contribution in [-0.2, 0) is 9.53 Å². The number of likely N-dealkylation sites (N-methyl/N-ethyl adjacent to an activating group) is 1. The zero-order chi connectivity index (χ0) is 21.4. The molecule has 0 bridgehead atoms. The van der Waals surface area contributed by atoms with E-state index in [1.165, 1.54) is 7.11 Å². The van der Waals surface area contributed by atoms with Crippen molar-refractivity contribution in [2.75, 3.05) is 39.9 Å². The number of carbonyl (C=O) groups is 1. The molecule has 0 saturated carbocycles. The van der Waals surface area contributed by atoms with Gasteiger partial charge in [0.05, 0.1) is 18.7 Å². The second-order valence-corrected chi connectivity index (χ2v) is 6.95. The number of nitriles is 1. The molecule has 1 aromatic rings. The number of ether oxygens (including phenoxy) is 2. The molecule has 1 aliphatic heterocycles. The average Bonchev–Trinajstić information content (AvgIpc) is 2.74. The van der Waals surface area contributed by atoms with E-state index in [9.17, 15) is 4.79 Å². The molecule has 0 aromatic heterocycles. The number of hydrogen-bond acceptors (Lipinski definition) is 6.